The number of hydrogen-bond donors (Lipinski definition) is 1. The summed E-state index contributed by atoms with van der Waals surface area (Å²) in [5.41, 5.74) is 0.876. The van der Waals surface area contributed by atoms with Crippen LogP contribution in [0, 0.1) is 0 Å². The quantitative estimate of drug-likeness (QED) is 0.841. The minimum Gasteiger partial charge on any atom is -0.472 e. The Morgan fingerprint density at radius 1 is 1.40 bits per heavy atom. The number of aryl methyl sites for hydroxylation is 1. The van der Waals surface area contributed by atoms with Crippen molar-refractivity contribution in [1.82, 2.24) is 0 Å². The zero-order valence-electron chi connectivity index (χ0n) is 8.43. The number of furan rings is 1. The molecular formula is C12H14O2S. The Labute approximate surface area is 93.2 Å². The molecule has 0 saturated carbocycles. The number of hydrogen-bond acceptors (Lipinski definition) is 3. The maximum Gasteiger partial charge on any atom is 0.0960 e. The Hall–Kier alpha value is -1.06. The van der Waals surface area contributed by atoms with Crippen molar-refractivity contribution in [2.24, 2.45) is 0 Å². The van der Waals surface area contributed by atoms with Gasteiger partial charge in [0, 0.05) is 10.4 Å². The molecule has 2 nitrogen and oxygen atoms in total. The van der Waals surface area contributed by atoms with Crippen LogP contribution in [-0.4, -0.2) is 5.11 Å². The van der Waals surface area contributed by atoms with Gasteiger partial charge >= 0.3 is 0 Å². The predicted octanol–water partition coefficient (Wildman–Crippen LogP) is 3.40. The van der Waals surface area contributed by atoms with Crippen molar-refractivity contribution < 1.29 is 9.52 Å². The Kier molecular flexibility index (Phi) is 3.59. The van der Waals surface area contributed by atoms with E-state index in [0.29, 0.717) is 0 Å². The lowest BCUT2D eigenvalue weighted by atomic mass is 10.1. The van der Waals surface area contributed by atoms with Gasteiger partial charge in [0.2, 0.25) is 0 Å². The summed E-state index contributed by atoms with van der Waals surface area (Å²) in [7, 11) is 0. The van der Waals surface area contributed by atoms with E-state index < -0.39 is 0 Å². The van der Waals surface area contributed by atoms with E-state index in [2.05, 4.69) is 17.5 Å². The first-order chi connectivity index (χ1) is 7.36. The van der Waals surface area contributed by atoms with Crippen molar-refractivity contribution >= 4 is 11.3 Å². The van der Waals surface area contributed by atoms with Gasteiger partial charge in [0.15, 0.2) is 0 Å². The van der Waals surface area contributed by atoms with Gasteiger partial charge in [0.25, 0.3) is 0 Å². The van der Waals surface area contributed by atoms with Crippen molar-refractivity contribution in [2.45, 2.75) is 25.4 Å². The predicted molar refractivity (Wildman–Crippen MR) is 60.9 cm³/mol. The molecule has 1 unspecified atom stereocenters. The average Bonchev–Trinajstić information content (AvgIpc) is 2.90. The normalized spacial score (nSPS) is 12.9. The molecule has 0 saturated heterocycles. The van der Waals surface area contributed by atoms with E-state index in [0.717, 1.165) is 24.8 Å². The summed E-state index contributed by atoms with van der Waals surface area (Å²) in [6, 6.07) is 6.01. The van der Waals surface area contributed by atoms with Crippen molar-refractivity contribution in [3.63, 3.8) is 0 Å². The highest BCUT2D eigenvalue weighted by molar-refractivity contribution is 7.09. The molecule has 0 spiro atoms. The summed E-state index contributed by atoms with van der Waals surface area (Å²) in [5.74, 6) is 0. The zero-order valence-corrected chi connectivity index (χ0v) is 9.24. The second kappa shape index (κ2) is 5.14. The molecule has 1 N–H and O–H groups in total. The SMILES string of the molecule is OC(CCCc1cccs1)c1ccoc1. The maximum atomic E-state index is 9.78. The molecule has 2 aromatic rings. The third kappa shape index (κ3) is 2.94. The topological polar surface area (TPSA) is 33.4 Å². The molecule has 80 valence electrons. The Bertz CT molecular complexity index is 364. The lowest BCUT2D eigenvalue weighted by Crippen LogP contribution is -1.96. The van der Waals surface area contributed by atoms with Crippen molar-refractivity contribution in [1.29, 1.82) is 0 Å². The van der Waals surface area contributed by atoms with E-state index in [1.54, 1.807) is 23.9 Å². The van der Waals surface area contributed by atoms with Gasteiger partial charge in [-0.1, -0.05) is 6.07 Å². The molecule has 0 bridgehead atoms. The van der Waals surface area contributed by atoms with Crippen LogP contribution >= 0.6 is 11.3 Å². The summed E-state index contributed by atoms with van der Waals surface area (Å²) < 4.78 is 4.93. The third-order valence-corrected chi connectivity index (χ3v) is 3.34. The van der Waals surface area contributed by atoms with Gasteiger partial charge in [0.1, 0.15) is 0 Å². The fourth-order valence-corrected chi connectivity index (χ4v) is 2.31. The molecule has 0 amide bonds. The van der Waals surface area contributed by atoms with E-state index in [4.69, 9.17) is 4.42 Å². The molecular weight excluding hydrogens is 208 g/mol. The zero-order chi connectivity index (χ0) is 10.5. The van der Waals surface area contributed by atoms with Crippen LogP contribution in [0.3, 0.4) is 0 Å². The van der Waals surface area contributed by atoms with E-state index in [9.17, 15) is 5.11 Å². The molecule has 0 aromatic carbocycles. The van der Waals surface area contributed by atoms with Gasteiger partial charge in [-0.2, -0.15) is 0 Å². The van der Waals surface area contributed by atoms with Crippen LogP contribution in [0.1, 0.15) is 29.4 Å². The van der Waals surface area contributed by atoms with E-state index in [1.165, 1.54) is 4.88 Å². The Morgan fingerprint density at radius 2 is 2.33 bits per heavy atom. The monoisotopic (exact) mass is 222 g/mol. The van der Waals surface area contributed by atoms with Crippen LogP contribution in [0.25, 0.3) is 0 Å². The smallest absolute Gasteiger partial charge is 0.0960 e. The minimum atomic E-state index is -0.385. The van der Waals surface area contributed by atoms with Gasteiger partial charge in [0.05, 0.1) is 18.6 Å². The molecule has 0 aliphatic carbocycles. The Balaban J connectivity index is 1.74. The largest absolute Gasteiger partial charge is 0.472 e. The highest BCUT2D eigenvalue weighted by atomic mass is 32.1. The number of thiophene rings is 1. The molecule has 0 aliphatic rings. The first kappa shape index (κ1) is 10.5. The summed E-state index contributed by atoms with van der Waals surface area (Å²) >= 11 is 1.77. The molecule has 3 heteroatoms. The highest BCUT2D eigenvalue weighted by Gasteiger charge is 2.08. The first-order valence-electron chi connectivity index (χ1n) is 5.09. The lowest BCUT2D eigenvalue weighted by Gasteiger charge is -2.06. The molecule has 0 radical (unpaired) electrons. The first-order valence-corrected chi connectivity index (χ1v) is 5.97. The van der Waals surface area contributed by atoms with Gasteiger partial charge < -0.3 is 9.52 Å². The molecule has 2 aromatic heterocycles. The maximum absolute atomic E-state index is 9.78. The number of aliphatic hydroxyl groups is 1. The standard InChI is InChI=1S/C12H14O2S/c13-12(10-6-7-14-9-10)5-1-3-11-4-2-8-15-11/h2,4,6-9,12-13H,1,3,5H2. The summed E-state index contributed by atoms with van der Waals surface area (Å²) in [4.78, 5) is 1.38. The van der Waals surface area contributed by atoms with Gasteiger partial charge in [-0.05, 0) is 36.8 Å². The van der Waals surface area contributed by atoms with Crippen LogP contribution in [0.15, 0.2) is 40.5 Å². The van der Waals surface area contributed by atoms with E-state index in [-0.39, 0.29) is 6.10 Å². The second-order valence-corrected chi connectivity index (χ2v) is 4.58. The molecule has 1 atom stereocenters. The van der Waals surface area contributed by atoms with Crippen molar-refractivity contribution in [3.8, 4) is 0 Å². The number of aliphatic hydroxyl groups excluding tert-OH is 1. The molecule has 15 heavy (non-hydrogen) atoms. The van der Waals surface area contributed by atoms with Crippen LogP contribution in [0.2, 0.25) is 0 Å². The number of rotatable bonds is 5. The highest BCUT2D eigenvalue weighted by Crippen LogP contribution is 2.20. The van der Waals surface area contributed by atoms with Gasteiger partial charge in [-0.15, -0.1) is 11.3 Å². The lowest BCUT2D eigenvalue weighted by molar-refractivity contribution is 0.164. The molecule has 0 fully saturated rings. The summed E-state index contributed by atoms with van der Waals surface area (Å²) in [6.07, 6.45) is 5.66. The van der Waals surface area contributed by atoms with Crippen LogP contribution in [0.5, 0.6) is 0 Å². The van der Waals surface area contributed by atoms with Crippen molar-refractivity contribution in [3.05, 3.63) is 46.5 Å². The van der Waals surface area contributed by atoms with Crippen LogP contribution in [0.4, 0.5) is 0 Å². The van der Waals surface area contributed by atoms with Gasteiger partial charge in [-0.25, -0.2) is 0 Å². The van der Waals surface area contributed by atoms with E-state index in [1.807, 2.05) is 6.07 Å². The van der Waals surface area contributed by atoms with Crippen LogP contribution in [-0.2, 0) is 6.42 Å². The molecule has 2 rings (SSSR count). The van der Waals surface area contributed by atoms with Crippen molar-refractivity contribution in [2.75, 3.05) is 0 Å². The average molecular weight is 222 g/mol. The summed E-state index contributed by atoms with van der Waals surface area (Å²) in [5, 5.41) is 11.9. The fraction of sp³-hybridized carbons (Fsp3) is 0.333. The van der Waals surface area contributed by atoms with Gasteiger partial charge in [-0.3, -0.25) is 0 Å². The Morgan fingerprint density at radius 3 is 3.00 bits per heavy atom. The minimum absolute atomic E-state index is 0.385. The van der Waals surface area contributed by atoms with Crippen LogP contribution < -0.4 is 0 Å². The van der Waals surface area contributed by atoms with E-state index >= 15 is 0 Å². The molecule has 0 aliphatic heterocycles. The third-order valence-electron chi connectivity index (χ3n) is 2.41. The molecule has 2 heterocycles. The second-order valence-electron chi connectivity index (χ2n) is 3.54. The summed E-state index contributed by atoms with van der Waals surface area (Å²) in [6.45, 7) is 0. The fourth-order valence-electron chi connectivity index (χ4n) is 1.56.